The number of ether oxygens (including phenoxy) is 2. The fourth-order valence-corrected chi connectivity index (χ4v) is 4.44. The summed E-state index contributed by atoms with van der Waals surface area (Å²) in [6.45, 7) is 5.65. The summed E-state index contributed by atoms with van der Waals surface area (Å²) in [5.74, 6) is 1.60. The molecule has 9 heteroatoms. The second kappa shape index (κ2) is 11.4. The number of amides is 2. The van der Waals surface area contributed by atoms with E-state index in [9.17, 15) is 4.79 Å². The number of allylic oxidation sites excluding steroid dienone is 1. The van der Waals surface area contributed by atoms with Crippen LogP contribution in [0.5, 0.6) is 5.75 Å². The number of rotatable bonds is 10. The summed E-state index contributed by atoms with van der Waals surface area (Å²) < 4.78 is 16.5. The fourth-order valence-electron chi connectivity index (χ4n) is 4.03. The molecule has 1 N–H and O–H groups in total. The minimum Gasteiger partial charge on any atom is -0.497 e. The molecule has 0 saturated heterocycles. The zero-order valence-corrected chi connectivity index (χ0v) is 21.2. The zero-order valence-electron chi connectivity index (χ0n) is 20.4. The highest BCUT2D eigenvalue weighted by molar-refractivity contribution is 7.98. The first kappa shape index (κ1) is 24.8. The first-order chi connectivity index (χ1) is 17.0. The van der Waals surface area contributed by atoms with Crippen LogP contribution in [-0.4, -0.2) is 54.2 Å². The number of aromatic nitrogens is 2. The number of carbonyl (C=O) groups excluding carboxylic acids is 1. The van der Waals surface area contributed by atoms with E-state index in [1.807, 2.05) is 68.6 Å². The molecule has 3 aromatic rings. The molecule has 1 aliphatic rings. The summed E-state index contributed by atoms with van der Waals surface area (Å²) in [7, 11) is 1.63. The van der Waals surface area contributed by atoms with E-state index in [1.165, 1.54) is 0 Å². The molecule has 1 aromatic heterocycles. The van der Waals surface area contributed by atoms with Gasteiger partial charge in [0.15, 0.2) is 0 Å². The Hall–Kier alpha value is -3.30. The monoisotopic (exact) mass is 494 g/mol. The van der Waals surface area contributed by atoms with Crippen molar-refractivity contribution >= 4 is 23.4 Å². The van der Waals surface area contributed by atoms with Crippen molar-refractivity contribution in [2.75, 3.05) is 33.1 Å². The maximum atomic E-state index is 13.1. The number of nitrogens with one attached hydrogen (secondary N) is 1. The van der Waals surface area contributed by atoms with E-state index in [0.29, 0.717) is 31.5 Å². The van der Waals surface area contributed by atoms with Crippen molar-refractivity contribution in [1.29, 1.82) is 0 Å². The van der Waals surface area contributed by atoms with Gasteiger partial charge in [-0.05, 0) is 68.5 Å². The molecule has 2 heterocycles. The third-order valence-electron chi connectivity index (χ3n) is 5.92. The predicted molar refractivity (Wildman–Crippen MR) is 136 cm³/mol. The molecule has 2 amide bonds. The van der Waals surface area contributed by atoms with Crippen LogP contribution < -0.4 is 10.1 Å². The first-order valence-electron chi connectivity index (χ1n) is 11.5. The number of hydrogen-bond donors (Lipinski definition) is 1. The minimum absolute atomic E-state index is 0.156. The van der Waals surface area contributed by atoms with Gasteiger partial charge in [-0.25, -0.2) is 4.79 Å². The topological polar surface area (TPSA) is 89.7 Å². The lowest BCUT2D eigenvalue weighted by Gasteiger charge is -2.35. The number of urea groups is 1. The number of carbonyl (C=O) groups is 1. The minimum atomic E-state index is -0.411. The number of thioether (sulfide) groups is 1. The van der Waals surface area contributed by atoms with Crippen LogP contribution >= 0.6 is 11.8 Å². The first-order valence-corrected chi connectivity index (χ1v) is 12.8. The predicted octanol–water partition coefficient (Wildman–Crippen LogP) is 5.39. The number of benzene rings is 2. The van der Waals surface area contributed by atoms with Gasteiger partial charge in [-0.2, -0.15) is 4.98 Å². The fraction of sp³-hybridized carbons (Fsp3) is 0.346. The number of hydrogen-bond acceptors (Lipinski definition) is 7. The maximum Gasteiger partial charge on any atom is 0.322 e. The van der Waals surface area contributed by atoms with E-state index in [0.717, 1.165) is 39.5 Å². The SMILES string of the molecule is CCOCCCN1C(=O)NC(c2ccc(SC)cc2)C(c2nc(-c3ccc(OC)cc3)no2)=C1C. The van der Waals surface area contributed by atoms with E-state index in [4.69, 9.17) is 19.0 Å². The van der Waals surface area contributed by atoms with Crippen molar-refractivity contribution in [2.45, 2.75) is 31.2 Å². The lowest BCUT2D eigenvalue weighted by molar-refractivity contribution is 0.136. The summed E-state index contributed by atoms with van der Waals surface area (Å²) in [4.78, 5) is 20.7. The van der Waals surface area contributed by atoms with E-state index in [-0.39, 0.29) is 6.03 Å². The van der Waals surface area contributed by atoms with Gasteiger partial charge in [0, 0.05) is 35.9 Å². The summed E-state index contributed by atoms with van der Waals surface area (Å²) in [5, 5.41) is 7.36. The van der Waals surface area contributed by atoms with Gasteiger partial charge in [-0.1, -0.05) is 17.3 Å². The molecule has 0 bridgehead atoms. The Morgan fingerprint density at radius 2 is 1.89 bits per heavy atom. The van der Waals surface area contributed by atoms with Crippen LogP contribution in [0.15, 0.2) is 63.6 Å². The third-order valence-corrected chi connectivity index (χ3v) is 6.67. The summed E-state index contributed by atoms with van der Waals surface area (Å²) in [6.07, 6.45) is 2.76. The normalized spacial score (nSPS) is 15.9. The zero-order chi connectivity index (χ0) is 24.8. The Labute approximate surface area is 209 Å². The highest BCUT2D eigenvalue weighted by atomic mass is 32.2. The maximum absolute atomic E-state index is 13.1. The molecular weight excluding hydrogens is 464 g/mol. The van der Waals surface area contributed by atoms with E-state index in [2.05, 4.69) is 10.5 Å². The molecule has 2 aromatic carbocycles. The van der Waals surface area contributed by atoms with Crippen LogP contribution in [0.4, 0.5) is 4.79 Å². The average molecular weight is 495 g/mol. The van der Waals surface area contributed by atoms with Gasteiger partial charge in [0.05, 0.1) is 18.7 Å². The molecule has 35 heavy (non-hydrogen) atoms. The van der Waals surface area contributed by atoms with Gasteiger partial charge < -0.3 is 19.3 Å². The average Bonchev–Trinajstić information content (AvgIpc) is 3.37. The van der Waals surface area contributed by atoms with Crippen LogP contribution in [0.2, 0.25) is 0 Å². The van der Waals surface area contributed by atoms with Crippen molar-refractivity contribution in [1.82, 2.24) is 20.4 Å². The van der Waals surface area contributed by atoms with Crippen LogP contribution in [0.25, 0.3) is 17.0 Å². The molecule has 1 atom stereocenters. The van der Waals surface area contributed by atoms with Crippen LogP contribution in [-0.2, 0) is 4.74 Å². The summed E-state index contributed by atoms with van der Waals surface area (Å²) in [6, 6.07) is 15.0. The quantitative estimate of drug-likeness (QED) is 0.298. The molecule has 0 fully saturated rings. The van der Waals surface area contributed by atoms with Crippen LogP contribution in [0.1, 0.15) is 37.8 Å². The molecule has 1 unspecified atom stereocenters. The van der Waals surface area contributed by atoms with Crippen LogP contribution in [0, 0.1) is 0 Å². The van der Waals surface area contributed by atoms with E-state index < -0.39 is 6.04 Å². The molecule has 8 nitrogen and oxygen atoms in total. The lowest BCUT2D eigenvalue weighted by atomic mass is 9.94. The highest BCUT2D eigenvalue weighted by Gasteiger charge is 2.35. The van der Waals surface area contributed by atoms with Gasteiger partial charge in [-0.3, -0.25) is 4.90 Å². The Bertz CT molecular complexity index is 1170. The second-order valence-electron chi connectivity index (χ2n) is 8.01. The van der Waals surface area contributed by atoms with Crippen molar-refractivity contribution in [2.24, 2.45) is 0 Å². The van der Waals surface area contributed by atoms with Gasteiger partial charge in [0.25, 0.3) is 5.89 Å². The van der Waals surface area contributed by atoms with Gasteiger partial charge in [-0.15, -0.1) is 11.8 Å². The van der Waals surface area contributed by atoms with Crippen molar-refractivity contribution in [3.05, 3.63) is 65.7 Å². The lowest BCUT2D eigenvalue weighted by Crippen LogP contribution is -2.46. The Balaban J connectivity index is 1.71. The molecular formula is C26H30N4O4S. The van der Waals surface area contributed by atoms with Crippen molar-refractivity contribution < 1.29 is 18.8 Å². The van der Waals surface area contributed by atoms with E-state index >= 15 is 0 Å². The third kappa shape index (κ3) is 5.52. The molecule has 184 valence electrons. The van der Waals surface area contributed by atoms with Gasteiger partial charge >= 0.3 is 6.03 Å². The smallest absolute Gasteiger partial charge is 0.322 e. The molecule has 4 rings (SSSR count). The summed E-state index contributed by atoms with van der Waals surface area (Å²) >= 11 is 1.67. The van der Waals surface area contributed by atoms with Crippen molar-refractivity contribution in [3.63, 3.8) is 0 Å². The Morgan fingerprint density at radius 3 is 2.54 bits per heavy atom. The Kier molecular flexibility index (Phi) is 8.09. The molecule has 1 aliphatic heterocycles. The number of methoxy groups -OCH3 is 1. The van der Waals surface area contributed by atoms with E-state index in [1.54, 1.807) is 23.8 Å². The largest absolute Gasteiger partial charge is 0.497 e. The van der Waals surface area contributed by atoms with Gasteiger partial charge in [0.1, 0.15) is 5.75 Å². The van der Waals surface area contributed by atoms with Gasteiger partial charge in [0.2, 0.25) is 5.82 Å². The van der Waals surface area contributed by atoms with Crippen LogP contribution in [0.3, 0.4) is 0 Å². The Morgan fingerprint density at radius 1 is 1.14 bits per heavy atom. The molecule has 0 aliphatic carbocycles. The van der Waals surface area contributed by atoms with Crippen molar-refractivity contribution in [3.8, 4) is 17.1 Å². The second-order valence-corrected chi connectivity index (χ2v) is 8.89. The summed E-state index contributed by atoms with van der Waals surface area (Å²) in [5.41, 5.74) is 3.33. The molecule has 0 saturated carbocycles. The number of nitrogens with zero attached hydrogens (tertiary/aromatic N) is 3. The molecule has 0 radical (unpaired) electrons. The highest BCUT2D eigenvalue weighted by Crippen LogP contribution is 2.38. The molecule has 0 spiro atoms. The standard InChI is InChI=1S/C26H30N4O4S/c1-5-33-16-6-15-30-17(2)22(23(27-26(30)31)18-9-13-21(35-4)14-10-18)25-28-24(29-34-25)19-7-11-20(32-3)12-8-19/h7-14,23H,5-6,15-16H2,1-4H3,(H,27,31).